The van der Waals surface area contributed by atoms with Gasteiger partial charge in [-0.25, -0.2) is 0 Å². The highest BCUT2D eigenvalue weighted by Crippen LogP contribution is 2.25. The van der Waals surface area contributed by atoms with Crippen molar-refractivity contribution in [1.29, 1.82) is 0 Å². The van der Waals surface area contributed by atoms with Crippen molar-refractivity contribution in [3.8, 4) is 0 Å². The van der Waals surface area contributed by atoms with Gasteiger partial charge in [0.1, 0.15) is 5.54 Å². The maximum Gasteiger partial charge on any atom is 0.451 e. The molecule has 0 aromatic rings. The van der Waals surface area contributed by atoms with Crippen LogP contribution >= 0.6 is 0 Å². The van der Waals surface area contributed by atoms with Gasteiger partial charge in [0, 0.05) is 19.0 Å². The number of carboxylic acid groups (broad SMARTS) is 1. The van der Waals surface area contributed by atoms with Gasteiger partial charge in [-0.15, -0.1) is 0 Å². The number of nitrogens with two attached hydrogens (primary N) is 1. The van der Waals surface area contributed by atoms with E-state index in [9.17, 15) is 4.79 Å². The summed E-state index contributed by atoms with van der Waals surface area (Å²) in [5, 5.41) is 29.3. The van der Waals surface area contributed by atoms with E-state index < -0.39 is 18.6 Å². The third kappa shape index (κ3) is 2.91. The van der Waals surface area contributed by atoms with Crippen LogP contribution in [-0.2, 0) is 4.79 Å². The molecule has 0 bridgehead atoms. The Labute approximate surface area is 88.6 Å². The number of carboxylic acids is 1. The first-order valence-electron chi connectivity index (χ1n) is 5.06. The molecular weight excluding hydrogens is 199 g/mol. The van der Waals surface area contributed by atoms with Gasteiger partial charge in [-0.2, -0.15) is 0 Å². The fourth-order valence-corrected chi connectivity index (χ4v) is 1.94. The van der Waals surface area contributed by atoms with Crippen LogP contribution in [0.4, 0.5) is 0 Å². The Hall–Kier alpha value is -0.625. The van der Waals surface area contributed by atoms with E-state index in [-0.39, 0.29) is 18.8 Å². The summed E-state index contributed by atoms with van der Waals surface area (Å²) in [7, 11) is -1.32. The van der Waals surface area contributed by atoms with Gasteiger partial charge < -0.3 is 26.2 Å². The molecule has 6 N–H and O–H groups in total. The monoisotopic (exact) mass is 216 g/mol. The molecule has 15 heavy (non-hydrogen) atoms. The summed E-state index contributed by atoms with van der Waals surface area (Å²) in [6.07, 6.45) is 1.41. The second-order valence-corrected chi connectivity index (χ2v) is 4.08. The summed E-state index contributed by atoms with van der Waals surface area (Å²) in [6.45, 7) is 0.846. The fourth-order valence-electron chi connectivity index (χ4n) is 1.94. The average molecular weight is 216 g/mol. The highest BCUT2D eigenvalue weighted by Gasteiger charge is 2.45. The lowest BCUT2D eigenvalue weighted by molar-refractivity contribution is -0.144. The quantitative estimate of drug-likeness (QED) is 0.348. The molecule has 1 fully saturated rings. The topological polar surface area (TPSA) is 116 Å². The summed E-state index contributed by atoms with van der Waals surface area (Å²) in [6, 6.07) is 0. The van der Waals surface area contributed by atoms with Crippen LogP contribution in [0.2, 0.25) is 6.32 Å². The molecule has 0 amide bonds. The van der Waals surface area contributed by atoms with E-state index in [2.05, 4.69) is 5.32 Å². The van der Waals surface area contributed by atoms with Crippen LogP contribution in [0.15, 0.2) is 0 Å². The molecule has 7 heteroatoms. The van der Waals surface area contributed by atoms with Crippen molar-refractivity contribution in [2.75, 3.05) is 13.1 Å². The van der Waals surface area contributed by atoms with Gasteiger partial charge >= 0.3 is 13.1 Å². The Morgan fingerprint density at radius 2 is 2.27 bits per heavy atom. The van der Waals surface area contributed by atoms with Crippen LogP contribution in [0.25, 0.3) is 0 Å². The minimum Gasteiger partial charge on any atom is -0.480 e. The standard InChI is InChI=1S/C8H17BN2O4/c10-8(7(12)13)5-11-4-6(8)2-1-3-9(14)15/h6,11,14-15H,1-5,10H2,(H,12,13)/t6-,8-/m1/s1. The predicted molar refractivity (Wildman–Crippen MR) is 55.1 cm³/mol. The van der Waals surface area contributed by atoms with E-state index in [1.807, 2.05) is 0 Å². The minimum atomic E-state index is -1.32. The molecule has 0 aliphatic carbocycles. The van der Waals surface area contributed by atoms with Gasteiger partial charge in [-0.3, -0.25) is 4.79 Å². The molecule has 2 atom stereocenters. The van der Waals surface area contributed by atoms with Gasteiger partial charge in [0.05, 0.1) is 0 Å². The van der Waals surface area contributed by atoms with Crippen molar-refractivity contribution in [1.82, 2.24) is 5.32 Å². The van der Waals surface area contributed by atoms with Crippen molar-refractivity contribution >= 4 is 13.1 Å². The van der Waals surface area contributed by atoms with Crippen LogP contribution < -0.4 is 11.1 Å². The highest BCUT2D eigenvalue weighted by molar-refractivity contribution is 6.40. The van der Waals surface area contributed by atoms with Crippen LogP contribution in [0.3, 0.4) is 0 Å². The first-order valence-corrected chi connectivity index (χ1v) is 5.06. The van der Waals surface area contributed by atoms with Crippen LogP contribution in [-0.4, -0.2) is 46.9 Å². The van der Waals surface area contributed by atoms with E-state index in [1.165, 1.54) is 0 Å². The Morgan fingerprint density at radius 1 is 1.60 bits per heavy atom. The van der Waals surface area contributed by atoms with Crippen LogP contribution in [0.5, 0.6) is 0 Å². The number of rotatable bonds is 5. The van der Waals surface area contributed by atoms with Crippen molar-refractivity contribution < 1.29 is 19.9 Å². The largest absolute Gasteiger partial charge is 0.480 e. The molecule has 1 aliphatic rings. The van der Waals surface area contributed by atoms with Gasteiger partial charge in [0.25, 0.3) is 0 Å². The number of hydrogen-bond acceptors (Lipinski definition) is 5. The lowest BCUT2D eigenvalue weighted by atomic mass is 9.78. The maximum atomic E-state index is 11.0. The van der Waals surface area contributed by atoms with Crippen molar-refractivity contribution in [3.05, 3.63) is 0 Å². The molecule has 0 unspecified atom stereocenters. The SMILES string of the molecule is N[C@]1(C(=O)O)CNC[C@H]1CCCB(O)O. The Morgan fingerprint density at radius 3 is 2.80 bits per heavy atom. The summed E-state index contributed by atoms with van der Waals surface area (Å²) in [4.78, 5) is 11.0. The van der Waals surface area contributed by atoms with Crippen molar-refractivity contribution in [2.24, 2.45) is 11.7 Å². The lowest BCUT2D eigenvalue weighted by Crippen LogP contribution is -2.54. The average Bonchev–Trinajstić information content (AvgIpc) is 2.49. The smallest absolute Gasteiger partial charge is 0.451 e. The zero-order valence-corrected chi connectivity index (χ0v) is 8.52. The van der Waals surface area contributed by atoms with Gasteiger partial charge in [0.15, 0.2) is 0 Å². The van der Waals surface area contributed by atoms with Gasteiger partial charge in [-0.05, 0) is 12.7 Å². The van der Waals surface area contributed by atoms with Crippen molar-refractivity contribution in [2.45, 2.75) is 24.7 Å². The summed E-state index contributed by atoms with van der Waals surface area (Å²) < 4.78 is 0. The molecule has 1 aliphatic heterocycles. The second-order valence-electron chi connectivity index (χ2n) is 4.08. The Kier molecular flexibility index (Phi) is 4.09. The molecular formula is C8H17BN2O4. The van der Waals surface area contributed by atoms with Crippen molar-refractivity contribution in [3.63, 3.8) is 0 Å². The minimum absolute atomic E-state index is 0.145. The number of hydrogen-bond donors (Lipinski definition) is 5. The van der Waals surface area contributed by atoms with Gasteiger partial charge in [0.2, 0.25) is 0 Å². The number of nitrogens with one attached hydrogen (secondary N) is 1. The molecule has 0 aromatic heterocycles. The zero-order valence-electron chi connectivity index (χ0n) is 8.52. The van der Waals surface area contributed by atoms with Crippen LogP contribution in [0.1, 0.15) is 12.8 Å². The fraction of sp³-hybridized carbons (Fsp3) is 0.875. The molecule has 0 spiro atoms. The molecule has 1 rings (SSSR count). The van der Waals surface area contributed by atoms with E-state index in [0.29, 0.717) is 19.4 Å². The molecule has 0 aromatic carbocycles. The van der Waals surface area contributed by atoms with Crippen LogP contribution in [0, 0.1) is 5.92 Å². The second kappa shape index (κ2) is 4.93. The molecule has 86 valence electrons. The summed E-state index contributed by atoms with van der Waals surface area (Å²) in [5.74, 6) is -1.14. The number of carbonyl (C=O) groups is 1. The summed E-state index contributed by atoms with van der Waals surface area (Å²) >= 11 is 0. The van der Waals surface area contributed by atoms with Gasteiger partial charge in [-0.1, -0.05) is 6.42 Å². The molecule has 6 nitrogen and oxygen atoms in total. The third-order valence-electron chi connectivity index (χ3n) is 2.95. The molecule has 1 heterocycles. The molecule has 0 radical (unpaired) electrons. The maximum absolute atomic E-state index is 11.0. The predicted octanol–water partition coefficient (Wildman–Crippen LogP) is -1.76. The lowest BCUT2D eigenvalue weighted by Gasteiger charge is -2.25. The van der Waals surface area contributed by atoms with E-state index in [0.717, 1.165) is 0 Å². The zero-order chi connectivity index (χ0) is 11.5. The Balaban J connectivity index is 2.43. The highest BCUT2D eigenvalue weighted by atomic mass is 16.4. The van der Waals surface area contributed by atoms with E-state index in [4.69, 9.17) is 20.9 Å². The molecule has 1 saturated heterocycles. The molecule has 0 saturated carbocycles. The third-order valence-corrected chi connectivity index (χ3v) is 2.95. The summed E-state index contributed by atoms with van der Waals surface area (Å²) in [5.41, 5.74) is 4.57. The van der Waals surface area contributed by atoms with E-state index >= 15 is 0 Å². The Bertz CT molecular complexity index is 239. The normalized spacial score (nSPS) is 30.5. The first-order chi connectivity index (χ1) is 6.97. The first kappa shape index (κ1) is 12.4. The number of aliphatic carboxylic acids is 1. The van der Waals surface area contributed by atoms with E-state index in [1.54, 1.807) is 0 Å².